The van der Waals surface area contributed by atoms with E-state index in [0.717, 1.165) is 31.2 Å². The summed E-state index contributed by atoms with van der Waals surface area (Å²) in [5, 5.41) is 0. The van der Waals surface area contributed by atoms with Gasteiger partial charge in [-0.1, -0.05) is 36.8 Å². The Morgan fingerprint density at radius 1 is 1.12 bits per heavy atom. The van der Waals surface area contributed by atoms with Gasteiger partial charge in [0.2, 0.25) is 0 Å². The molecule has 0 aromatic heterocycles. The van der Waals surface area contributed by atoms with Crippen molar-refractivity contribution in [2.75, 3.05) is 7.11 Å². The zero-order chi connectivity index (χ0) is 11.4. The number of benzene rings is 1. The van der Waals surface area contributed by atoms with Crippen LogP contribution in [0.1, 0.15) is 37.7 Å². The standard InChI is InChI=1S/C14H18O2/c1-16-14(12-8-4-2-5-9-12)11-7-3-6-10-13(14)15/h2,4-5,8-9H,3,6-7,10-11H2,1H3/t14-/m1/s1. The molecule has 0 aliphatic heterocycles. The zero-order valence-electron chi connectivity index (χ0n) is 9.74. The molecule has 1 aliphatic rings. The molecule has 0 bridgehead atoms. The summed E-state index contributed by atoms with van der Waals surface area (Å²) in [6.07, 6.45) is 4.64. The number of ketones is 1. The van der Waals surface area contributed by atoms with Crippen LogP contribution >= 0.6 is 0 Å². The van der Waals surface area contributed by atoms with Crippen molar-refractivity contribution in [1.29, 1.82) is 0 Å². The molecular formula is C14H18O2. The maximum atomic E-state index is 12.2. The van der Waals surface area contributed by atoms with Gasteiger partial charge in [-0.05, 0) is 24.8 Å². The average Bonchev–Trinajstić information content (AvgIpc) is 2.53. The third-order valence-electron chi connectivity index (χ3n) is 3.47. The summed E-state index contributed by atoms with van der Waals surface area (Å²) in [6.45, 7) is 0. The molecule has 0 unspecified atom stereocenters. The first-order chi connectivity index (χ1) is 7.79. The summed E-state index contributed by atoms with van der Waals surface area (Å²) in [7, 11) is 1.65. The number of hydrogen-bond donors (Lipinski definition) is 0. The van der Waals surface area contributed by atoms with E-state index >= 15 is 0 Å². The molecular weight excluding hydrogens is 200 g/mol. The van der Waals surface area contributed by atoms with Gasteiger partial charge >= 0.3 is 0 Å². The van der Waals surface area contributed by atoms with E-state index in [2.05, 4.69) is 0 Å². The van der Waals surface area contributed by atoms with Crippen molar-refractivity contribution in [3.8, 4) is 0 Å². The van der Waals surface area contributed by atoms with Crippen molar-refractivity contribution in [3.63, 3.8) is 0 Å². The van der Waals surface area contributed by atoms with Crippen molar-refractivity contribution in [3.05, 3.63) is 35.9 Å². The average molecular weight is 218 g/mol. The van der Waals surface area contributed by atoms with Gasteiger partial charge in [0.1, 0.15) is 0 Å². The fourth-order valence-electron chi connectivity index (χ4n) is 2.52. The second-order valence-corrected chi connectivity index (χ2v) is 4.38. The Morgan fingerprint density at radius 3 is 2.56 bits per heavy atom. The number of ether oxygens (including phenoxy) is 1. The maximum Gasteiger partial charge on any atom is 0.169 e. The summed E-state index contributed by atoms with van der Waals surface area (Å²) in [5.74, 6) is 0.235. The lowest BCUT2D eigenvalue weighted by atomic mass is 9.85. The lowest BCUT2D eigenvalue weighted by Crippen LogP contribution is -2.36. The minimum absolute atomic E-state index is 0.235. The maximum absolute atomic E-state index is 12.2. The van der Waals surface area contributed by atoms with Crippen LogP contribution in [0.3, 0.4) is 0 Å². The van der Waals surface area contributed by atoms with Gasteiger partial charge in [-0.15, -0.1) is 0 Å². The summed E-state index contributed by atoms with van der Waals surface area (Å²) in [5.41, 5.74) is 0.321. The molecule has 1 aliphatic carbocycles. The third-order valence-corrected chi connectivity index (χ3v) is 3.47. The lowest BCUT2D eigenvalue weighted by Gasteiger charge is -2.30. The van der Waals surface area contributed by atoms with Gasteiger partial charge in [-0.2, -0.15) is 0 Å². The van der Waals surface area contributed by atoms with Gasteiger partial charge in [-0.25, -0.2) is 0 Å². The summed E-state index contributed by atoms with van der Waals surface area (Å²) in [6, 6.07) is 9.88. The highest BCUT2D eigenvalue weighted by Crippen LogP contribution is 2.36. The number of rotatable bonds is 2. The highest BCUT2D eigenvalue weighted by molar-refractivity contribution is 5.88. The van der Waals surface area contributed by atoms with Gasteiger partial charge in [-0.3, -0.25) is 4.79 Å². The minimum Gasteiger partial charge on any atom is -0.366 e. The number of hydrogen-bond acceptors (Lipinski definition) is 2. The van der Waals surface area contributed by atoms with Crippen LogP contribution in [0.4, 0.5) is 0 Å². The number of Topliss-reactive ketones (excluding diaryl/α,β-unsaturated/α-hetero) is 1. The molecule has 2 heteroatoms. The van der Waals surface area contributed by atoms with Crippen molar-refractivity contribution >= 4 is 5.78 Å². The molecule has 1 aromatic rings. The molecule has 1 aromatic carbocycles. The Kier molecular flexibility index (Phi) is 3.39. The van der Waals surface area contributed by atoms with E-state index in [0.29, 0.717) is 6.42 Å². The molecule has 1 atom stereocenters. The molecule has 86 valence electrons. The van der Waals surface area contributed by atoms with Crippen LogP contribution < -0.4 is 0 Å². The summed E-state index contributed by atoms with van der Waals surface area (Å²) in [4.78, 5) is 12.2. The van der Waals surface area contributed by atoms with Crippen molar-refractivity contribution in [2.24, 2.45) is 0 Å². The van der Waals surface area contributed by atoms with Crippen molar-refractivity contribution in [1.82, 2.24) is 0 Å². The molecule has 16 heavy (non-hydrogen) atoms. The zero-order valence-corrected chi connectivity index (χ0v) is 9.74. The molecule has 0 radical (unpaired) electrons. The van der Waals surface area contributed by atoms with Gasteiger partial charge in [0.15, 0.2) is 11.4 Å². The number of carbonyl (C=O) groups is 1. The van der Waals surface area contributed by atoms with Crippen LogP contribution in [0.5, 0.6) is 0 Å². The Labute approximate surface area is 96.6 Å². The summed E-state index contributed by atoms with van der Waals surface area (Å²) < 4.78 is 5.61. The fraction of sp³-hybridized carbons (Fsp3) is 0.500. The van der Waals surface area contributed by atoms with E-state index in [1.165, 1.54) is 0 Å². The van der Waals surface area contributed by atoms with Gasteiger partial charge < -0.3 is 4.74 Å². The molecule has 0 N–H and O–H groups in total. The largest absolute Gasteiger partial charge is 0.366 e. The third kappa shape index (κ3) is 1.90. The van der Waals surface area contributed by atoms with Crippen LogP contribution in [-0.2, 0) is 15.1 Å². The Morgan fingerprint density at radius 2 is 1.88 bits per heavy atom. The highest BCUT2D eigenvalue weighted by Gasteiger charge is 2.40. The Hall–Kier alpha value is -1.15. The SMILES string of the molecule is CO[C@@]1(c2ccccc2)CCCCCC1=O. The van der Waals surface area contributed by atoms with Crippen molar-refractivity contribution in [2.45, 2.75) is 37.7 Å². The predicted molar refractivity (Wildman–Crippen MR) is 63.2 cm³/mol. The quantitative estimate of drug-likeness (QED) is 0.713. The molecule has 2 nitrogen and oxygen atoms in total. The Bertz CT molecular complexity index is 358. The second-order valence-electron chi connectivity index (χ2n) is 4.38. The lowest BCUT2D eigenvalue weighted by molar-refractivity contribution is -0.142. The number of carbonyl (C=O) groups excluding carboxylic acids is 1. The first-order valence-corrected chi connectivity index (χ1v) is 5.93. The molecule has 0 heterocycles. The van der Waals surface area contributed by atoms with Crippen LogP contribution in [-0.4, -0.2) is 12.9 Å². The van der Waals surface area contributed by atoms with Crippen LogP contribution in [0, 0.1) is 0 Å². The number of methoxy groups -OCH3 is 1. The first-order valence-electron chi connectivity index (χ1n) is 5.93. The van der Waals surface area contributed by atoms with Gasteiger partial charge in [0.25, 0.3) is 0 Å². The summed E-state index contributed by atoms with van der Waals surface area (Å²) >= 11 is 0. The predicted octanol–water partition coefficient (Wildman–Crippen LogP) is 3.06. The van der Waals surface area contributed by atoms with E-state index < -0.39 is 5.60 Å². The van der Waals surface area contributed by atoms with E-state index in [4.69, 9.17) is 4.74 Å². The topological polar surface area (TPSA) is 26.3 Å². The molecule has 0 saturated heterocycles. The normalized spacial score (nSPS) is 26.4. The Balaban J connectivity index is 2.40. The van der Waals surface area contributed by atoms with E-state index in [-0.39, 0.29) is 5.78 Å². The first kappa shape index (κ1) is 11.3. The molecule has 0 amide bonds. The van der Waals surface area contributed by atoms with Crippen LogP contribution in [0.15, 0.2) is 30.3 Å². The fourth-order valence-corrected chi connectivity index (χ4v) is 2.52. The van der Waals surface area contributed by atoms with E-state index in [1.54, 1.807) is 7.11 Å². The van der Waals surface area contributed by atoms with Gasteiger partial charge in [0.05, 0.1) is 0 Å². The van der Waals surface area contributed by atoms with Crippen LogP contribution in [0.25, 0.3) is 0 Å². The van der Waals surface area contributed by atoms with E-state index in [1.807, 2.05) is 30.3 Å². The minimum atomic E-state index is -0.683. The molecule has 1 fully saturated rings. The van der Waals surface area contributed by atoms with Gasteiger partial charge in [0, 0.05) is 13.5 Å². The van der Waals surface area contributed by atoms with Crippen LogP contribution in [0.2, 0.25) is 0 Å². The molecule has 2 rings (SSSR count). The molecule has 1 saturated carbocycles. The highest BCUT2D eigenvalue weighted by atomic mass is 16.5. The molecule has 0 spiro atoms. The monoisotopic (exact) mass is 218 g/mol. The smallest absolute Gasteiger partial charge is 0.169 e. The van der Waals surface area contributed by atoms with Crippen molar-refractivity contribution < 1.29 is 9.53 Å². The van der Waals surface area contributed by atoms with E-state index in [9.17, 15) is 4.79 Å². The second kappa shape index (κ2) is 4.79.